The zero-order valence-electron chi connectivity index (χ0n) is 26.2. The Hall–Kier alpha value is -0.790. The zero-order chi connectivity index (χ0) is 27.3. The van der Waals surface area contributed by atoms with Crippen molar-refractivity contribution in [2.45, 2.75) is 163 Å². The fraction of sp³-hybridized carbons (Fsp3) is 0.917. The van der Waals surface area contributed by atoms with Gasteiger partial charge in [-0.2, -0.15) is 0 Å². The van der Waals surface area contributed by atoms with E-state index >= 15 is 0 Å². The van der Waals surface area contributed by atoms with Crippen LogP contribution in [0, 0.1) is 46.3 Å². The monoisotopic (exact) mass is 526 g/mol. The van der Waals surface area contributed by atoms with Gasteiger partial charge in [0.25, 0.3) is 0 Å². The average Bonchev–Trinajstić information content (AvgIpc) is 3.23. The first-order valence-electron chi connectivity index (χ1n) is 17.1. The number of hydrogen-bond donors (Lipinski definition) is 0. The summed E-state index contributed by atoms with van der Waals surface area (Å²) in [6.45, 7) is 14.9. The maximum Gasteiger partial charge on any atom is 0.306 e. The molecule has 0 spiro atoms. The second-order valence-corrected chi connectivity index (χ2v) is 15.2. The Labute approximate surface area is 236 Å². The summed E-state index contributed by atoms with van der Waals surface area (Å²) in [5.74, 6) is 5.34. The van der Waals surface area contributed by atoms with E-state index in [2.05, 4.69) is 47.6 Å². The Kier molecular flexibility index (Phi) is 10.5. The molecule has 0 aromatic carbocycles. The van der Waals surface area contributed by atoms with Crippen LogP contribution in [0.25, 0.3) is 0 Å². The molecule has 0 radical (unpaired) electrons. The molecule has 218 valence electrons. The Morgan fingerprint density at radius 3 is 2.45 bits per heavy atom. The molecule has 0 aromatic rings. The van der Waals surface area contributed by atoms with Crippen molar-refractivity contribution in [3.05, 3.63) is 11.6 Å². The van der Waals surface area contributed by atoms with Crippen LogP contribution < -0.4 is 0 Å². The number of allylic oxidation sites excluding steroid dienone is 1. The molecule has 0 amide bonds. The first-order chi connectivity index (χ1) is 18.2. The molecule has 0 bridgehead atoms. The summed E-state index contributed by atoms with van der Waals surface area (Å²) in [7, 11) is 0. The Morgan fingerprint density at radius 2 is 1.68 bits per heavy atom. The number of carbonyl (C=O) groups excluding carboxylic acids is 1. The summed E-state index contributed by atoms with van der Waals surface area (Å²) in [5.41, 5.74) is 2.54. The SMILES string of the molecule is CCCCCCCCC(=O)O[C@H]1CC[C@@]2(C)C(=CC[C@@H]3[C@H]4CC[C@@H]([C@H](C)CCCC(C)C)[C@]4(C)CC[C@H]32)C1. The van der Waals surface area contributed by atoms with Crippen LogP contribution in [0.15, 0.2) is 11.6 Å². The molecule has 0 saturated heterocycles. The van der Waals surface area contributed by atoms with Crippen LogP contribution in [0.1, 0.15) is 157 Å². The van der Waals surface area contributed by atoms with Gasteiger partial charge < -0.3 is 4.74 Å². The first kappa shape index (κ1) is 30.2. The molecule has 2 nitrogen and oxygen atoms in total. The second-order valence-electron chi connectivity index (χ2n) is 15.2. The van der Waals surface area contributed by atoms with Crippen molar-refractivity contribution in [2.75, 3.05) is 0 Å². The summed E-state index contributed by atoms with van der Waals surface area (Å²) in [4.78, 5) is 12.6. The van der Waals surface area contributed by atoms with Crippen LogP contribution in [0.5, 0.6) is 0 Å². The molecule has 4 aliphatic rings. The predicted molar refractivity (Wildman–Crippen MR) is 161 cm³/mol. The summed E-state index contributed by atoms with van der Waals surface area (Å²) in [6.07, 6.45) is 25.3. The fourth-order valence-corrected chi connectivity index (χ4v) is 10.0. The molecular formula is C36H62O2. The van der Waals surface area contributed by atoms with Gasteiger partial charge in [0.1, 0.15) is 6.10 Å². The minimum Gasteiger partial charge on any atom is -0.462 e. The van der Waals surface area contributed by atoms with E-state index in [1.54, 1.807) is 5.57 Å². The van der Waals surface area contributed by atoms with E-state index in [1.165, 1.54) is 89.9 Å². The molecule has 0 unspecified atom stereocenters. The molecule has 2 heteroatoms. The molecule has 4 rings (SSSR count). The number of carbonyl (C=O) groups is 1. The molecule has 0 heterocycles. The van der Waals surface area contributed by atoms with Crippen molar-refractivity contribution in [1.82, 2.24) is 0 Å². The van der Waals surface area contributed by atoms with Gasteiger partial charge in [0.15, 0.2) is 0 Å². The number of rotatable bonds is 13. The number of unbranched alkanes of at least 4 members (excludes halogenated alkanes) is 5. The summed E-state index contributed by atoms with van der Waals surface area (Å²) < 4.78 is 6.04. The van der Waals surface area contributed by atoms with Gasteiger partial charge in [-0.05, 0) is 97.7 Å². The molecule has 38 heavy (non-hydrogen) atoms. The number of hydrogen-bond acceptors (Lipinski definition) is 2. The van der Waals surface area contributed by atoms with Gasteiger partial charge in [-0.25, -0.2) is 0 Å². The van der Waals surface area contributed by atoms with Crippen LogP contribution in [0.4, 0.5) is 0 Å². The standard InChI is InChI=1S/C36H62O2/c1-7-8-9-10-11-12-16-34(37)38-29-21-23-35(5)28(25-29)17-18-30-32-20-19-31(27(4)15-13-14-26(2)3)36(32,6)24-22-33(30)35/h17,26-27,29-33H,7-16,18-25H2,1-6H3/t27-,29+,30-,31+,32-,33-,35+,36+/m1/s1. The maximum atomic E-state index is 12.6. The minimum absolute atomic E-state index is 0.0522. The zero-order valence-corrected chi connectivity index (χ0v) is 26.2. The first-order valence-corrected chi connectivity index (χ1v) is 17.1. The Balaban J connectivity index is 1.31. The van der Waals surface area contributed by atoms with Gasteiger partial charge in [0.05, 0.1) is 0 Å². The molecule has 8 atom stereocenters. The smallest absolute Gasteiger partial charge is 0.306 e. The van der Waals surface area contributed by atoms with Crippen LogP contribution in [-0.4, -0.2) is 12.1 Å². The minimum atomic E-state index is 0.0522. The highest BCUT2D eigenvalue weighted by Gasteiger charge is 2.59. The normalized spacial score (nSPS) is 37.2. The lowest BCUT2D eigenvalue weighted by Gasteiger charge is -2.58. The Morgan fingerprint density at radius 1 is 0.921 bits per heavy atom. The van der Waals surface area contributed by atoms with Crippen molar-refractivity contribution in [2.24, 2.45) is 46.3 Å². The van der Waals surface area contributed by atoms with E-state index in [0.29, 0.717) is 17.3 Å². The number of esters is 1. The number of ether oxygens (including phenoxy) is 1. The van der Waals surface area contributed by atoms with E-state index in [9.17, 15) is 4.79 Å². The highest BCUT2D eigenvalue weighted by Crippen LogP contribution is 2.67. The maximum absolute atomic E-state index is 12.6. The second kappa shape index (κ2) is 13.2. The average molecular weight is 527 g/mol. The van der Waals surface area contributed by atoms with Gasteiger partial charge in [-0.3, -0.25) is 4.79 Å². The highest BCUT2D eigenvalue weighted by molar-refractivity contribution is 5.69. The third-order valence-corrected chi connectivity index (χ3v) is 12.3. The van der Waals surface area contributed by atoms with Crippen LogP contribution >= 0.6 is 0 Å². The molecule has 0 aromatic heterocycles. The molecule has 3 saturated carbocycles. The van der Waals surface area contributed by atoms with Gasteiger partial charge in [0, 0.05) is 12.8 Å². The van der Waals surface area contributed by atoms with Crippen molar-refractivity contribution >= 4 is 5.97 Å². The van der Waals surface area contributed by atoms with E-state index in [1.807, 2.05) is 0 Å². The largest absolute Gasteiger partial charge is 0.462 e. The van der Waals surface area contributed by atoms with E-state index in [4.69, 9.17) is 4.74 Å². The van der Waals surface area contributed by atoms with Gasteiger partial charge in [-0.1, -0.05) is 105 Å². The topological polar surface area (TPSA) is 26.3 Å². The molecule has 4 aliphatic carbocycles. The van der Waals surface area contributed by atoms with Crippen LogP contribution in [0.3, 0.4) is 0 Å². The highest BCUT2D eigenvalue weighted by atomic mass is 16.5. The van der Waals surface area contributed by atoms with E-state index in [-0.39, 0.29) is 12.1 Å². The van der Waals surface area contributed by atoms with Crippen molar-refractivity contribution < 1.29 is 9.53 Å². The quantitative estimate of drug-likeness (QED) is 0.135. The lowest BCUT2D eigenvalue weighted by atomic mass is 9.47. The van der Waals surface area contributed by atoms with Gasteiger partial charge >= 0.3 is 5.97 Å². The van der Waals surface area contributed by atoms with Crippen molar-refractivity contribution in [1.29, 1.82) is 0 Å². The Bertz CT molecular complexity index is 797. The van der Waals surface area contributed by atoms with Crippen molar-refractivity contribution in [3.63, 3.8) is 0 Å². The fourth-order valence-electron chi connectivity index (χ4n) is 10.0. The summed E-state index contributed by atoms with van der Waals surface area (Å²) >= 11 is 0. The van der Waals surface area contributed by atoms with Crippen molar-refractivity contribution in [3.8, 4) is 0 Å². The number of fused-ring (bicyclic) bond motifs is 5. The molecular weight excluding hydrogens is 464 g/mol. The lowest BCUT2D eigenvalue weighted by molar-refractivity contribution is -0.151. The van der Waals surface area contributed by atoms with Gasteiger partial charge in [-0.15, -0.1) is 0 Å². The van der Waals surface area contributed by atoms with Gasteiger partial charge in [0.2, 0.25) is 0 Å². The third kappa shape index (κ3) is 6.57. The van der Waals surface area contributed by atoms with E-state index in [0.717, 1.165) is 54.8 Å². The molecule has 3 fully saturated rings. The summed E-state index contributed by atoms with van der Waals surface area (Å²) in [5, 5.41) is 0. The summed E-state index contributed by atoms with van der Waals surface area (Å²) in [6, 6.07) is 0. The van der Waals surface area contributed by atoms with Crippen LogP contribution in [-0.2, 0) is 9.53 Å². The van der Waals surface area contributed by atoms with Crippen LogP contribution in [0.2, 0.25) is 0 Å². The van der Waals surface area contributed by atoms with E-state index < -0.39 is 0 Å². The third-order valence-electron chi connectivity index (χ3n) is 12.3. The molecule has 0 N–H and O–H groups in total. The predicted octanol–water partition coefficient (Wildman–Crippen LogP) is 10.7. The molecule has 0 aliphatic heterocycles. The lowest BCUT2D eigenvalue weighted by Crippen LogP contribution is -2.51.